The molecule has 0 atom stereocenters. The summed E-state index contributed by atoms with van der Waals surface area (Å²) in [4.78, 5) is 0. The van der Waals surface area contributed by atoms with E-state index in [1.165, 1.54) is 0 Å². The zero-order valence-corrected chi connectivity index (χ0v) is 11.9. The molecule has 18 heavy (non-hydrogen) atoms. The average Bonchev–Trinajstić information content (AvgIpc) is 2.80. The van der Waals surface area contributed by atoms with Crippen LogP contribution in [0.4, 0.5) is 0 Å². The first-order valence-electron chi connectivity index (χ1n) is 5.83. The second-order valence-electron chi connectivity index (χ2n) is 3.90. The van der Waals surface area contributed by atoms with Crippen LogP contribution < -0.4 is 10.1 Å². The van der Waals surface area contributed by atoms with Crippen LogP contribution in [0, 0.1) is 0 Å². The van der Waals surface area contributed by atoms with Gasteiger partial charge in [0.1, 0.15) is 12.4 Å². The van der Waals surface area contributed by atoms with Crippen molar-refractivity contribution in [1.29, 1.82) is 0 Å². The van der Waals surface area contributed by atoms with Gasteiger partial charge >= 0.3 is 0 Å². The van der Waals surface area contributed by atoms with Crippen LogP contribution in [0.15, 0.2) is 41.0 Å². The van der Waals surface area contributed by atoms with E-state index in [1.807, 2.05) is 48.3 Å². The van der Waals surface area contributed by atoms with Crippen LogP contribution in [0.2, 0.25) is 0 Å². The van der Waals surface area contributed by atoms with Gasteiger partial charge in [0.15, 0.2) is 0 Å². The third-order valence-electron chi connectivity index (χ3n) is 2.46. The van der Waals surface area contributed by atoms with Crippen LogP contribution in [-0.4, -0.2) is 23.4 Å². The van der Waals surface area contributed by atoms with Crippen LogP contribution in [0.5, 0.6) is 5.75 Å². The largest absolute Gasteiger partial charge is 0.492 e. The first kappa shape index (κ1) is 13.1. The van der Waals surface area contributed by atoms with Crippen molar-refractivity contribution in [3.05, 3.63) is 46.7 Å². The second kappa shape index (κ2) is 6.56. The number of benzene rings is 1. The Morgan fingerprint density at radius 1 is 1.28 bits per heavy atom. The maximum Gasteiger partial charge on any atom is 0.119 e. The number of hydrogen-bond acceptors (Lipinski definition) is 3. The van der Waals surface area contributed by atoms with Gasteiger partial charge in [-0.15, -0.1) is 0 Å². The molecule has 5 heteroatoms. The molecule has 0 aliphatic rings. The Labute approximate surface area is 115 Å². The molecule has 0 unspecified atom stereocenters. The molecule has 0 spiro atoms. The van der Waals surface area contributed by atoms with Crippen molar-refractivity contribution in [1.82, 2.24) is 15.1 Å². The Morgan fingerprint density at radius 3 is 2.78 bits per heavy atom. The molecule has 0 fully saturated rings. The Kier molecular flexibility index (Phi) is 4.78. The molecule has 0 saturated heterocycles. The smallest absolute Gasteiger partial charge is 0.119 e. The number of nitrogens with zero attached hydrogens (tertiary/aromatic N) is 2. The van der Waals surface area contributed by atoms with E-state index in [-0.39, 0.29) is 0 Å². The molecule has 0 aliphatic heterocycles. The van der Waals surface area contributed by atoms with Crippen LogP contribution >= 0.6 is 15.9 Å². The van der Waals surface area contributed by atoms with E-state index < -0.39 is 0 Å². The Morgan fingerprint density at radius 2 is 2.06 bits per heavy atom. The molecule has 1 aromatic heterocycles. The first-order valence-corrected chi connectivity index (χ1v) is 6.62. The fourth-order valence-electron chi connectivity index (χ4n) is 1.59. The Hall–Kier alpha value is -1.33. The molecular weight excluding hydrogens is 294 g/mol. The highest BCUT2D eigenvalue weighted by atomic mass is 79.9. The Balaban J connectivity index is 1.79. The summed E-state index contributed by atoms with van der Waals surface area (Å²) in [5.74, 6) is 0.876. The standard InChI is InChI=1S/C13H16BrN3O/c1-15-10-12-6-7-17(16-12)8-9-18-13-4-2-11(14)3-5-13/h2-7,15H,8-10H2,1H3. The number of rotatable bonds is 6. The van der Waals surface area contributed by atoms with E-state index in [0.29, 0.717) is 6.61 Å². The van der Waals surface area contributed by atoms with Crippen molar-refractivity contribution >= 4 is 15.9 Å². The summed E-state index contributed by atoms with van der Waals surface area (Å²) in [6.07, 6.45) is 1.97. The molecule has 1 aromatic carbocycles. The highest BCUT2D eigenvalue weighted by Crippen LogP contribution is 2.15. The van der Waals surface area contributed by atoms with Crippen LogP contribution in [0.3, 0.4) is 0 Å². The summed E-state index contributed by atoms with van der Waals surface area (Å²) >= 11 is 3.39. The number of halogens is 1. The molecule has 0 amide bonds. The summed E-state index contributed by atoms with van der Waals surface area (Å²) in [6, 6.07) is 9.83. The van der Waals surface area contributed by atoms with Gasteiger partial charge in [-0.1, -0.05) is 15.9 Å². The summed E-state index contributed by atoms with van der Waals surface area (Å²) in [6.45, 7) is 2.16. The van der Waals surface area contributed by atoms with Crippen molar-refractivity contribution in [2.75, 3.05) is 13.7 Å². The fraction of sp³-hybridized carbons (Fsp3) is 0.308. The Bertz CT molecular complexity index is 481. The van der Waals surface area contributed by atoms with E-state index in [4.69, 9.17) is 4.74 Å². The third-order valence-corrected chi connectivity index (χ3v) is 2.99. The minimum atomic E-state index is 0.613. The third kappa shape index (κ3) is 3.85. The van der Waals surface area contributed by atoms with Crippen molar-refractivity contribution in [2.24, 2.45) is 0 Å². The van der Waals surface area contributed by atoms with E-state index in [1.54, 1.807) is 0 Å². The summed E-state index contributed by atoms with van der Waals surface area (Å²) in [7, 11) is 1.91. The fourth-order valence-corrected chi connectivity index (χ4v) is 1.86. The lowest BCUT2D eigenvalue weighted by molar-refractivity contribution is 0.291. The van der Waals surface area contributed by atoms with Gasteiger partial charge in [-0.05, 0) is 37.4 Å². The van der Waals surface area contributed by atoms with E-state index in [9.17, 15) is 0 Å². The summed E-state index contributed by atoms with van der Waals surface area (Å²) in [5, 5.41) is 7.48. The van der Waals surface area contributed by atoms with E-state index >= 15 is 0 Å². The first-order chi connectivity index (χ1) is 8.78. The van der Waals surface area contributed by atoms with Gasteiger partial charge in [0.05, 0.1) is 12.2 Å². The topological polar surface area (TPSA) is 39.1 Å². The normalized spacial score (nSPS) is 10.6. The van der Waals surface area contributed by atoms with E-state index in [0.717, 1.165) is 29.0 Å². The predicted octanol–water partition coefficient (Wildman–Crippen LogP) is 2.44. The predicted molar refractivity (Wildman–Crippen MR) is 74.6 cm³/mol. The van der Waals surface area contributed by atoms with Crippen LogP contribution in [0.25, 0.3) is 0 Å². The zero-order chi connectivity index (χ0) is 12.8. The van der Waals surface area contributed by atoms with Crippen molar-refractivity contribution in [3.8, 4) is 5.75 Å². The number of hydrogen-bond donors (Lipinski definition) is 1. The summed E-state index contributed by atoms with van der Waals surface area (Å²) in [5.41, 5.74) is 1.04. The molecule has 96 valence electrons. The molecule has 0 saturated carbocycles. The number of aromatic nitrogens is 2. The van der Waals surface area contributed by atoms with Gasteiger partial charge in [-0.25, -0.2) is 0 Å². The van der Waals surface area contributed by atoms with Gasteiger partial charge in [0.25, 0.3) is 0 Å². The molecule has 2 rings (SSSR count). The van der Waals surface area contributed by atoms with Gasteiger partial charge in [-0.3, -0.25) is 4.68 Å². The lowest BCUT2D eigenvalue weighted by atomic mass is 10.3. The van der Waals surface area contributed by atoms with Gasteiger partial charge < -0.3 is 10.1 Å². The van der Waals surface area contributed by atoms with E-state index in [2.05, 4.69) is 26.3 Å². The lowest BCUT2D eigenvalue weighted by Crippen LogP contribution is -2.10. The molecule has 0 bridgehead atoms. The monoisotopic (exact) mass is 309 g/mol. The second-order valence-corrected chi connectivity index (χ2v) is 4.82. The maximum absolute atomic E-state index is 5.64. The van der Waals surface area contributed by atoms with Crippen LogP contribution in [0.1, 0.15) is 5.69 Å². The molecule has 0 aliphatic carbocycles. The lowest BCUT2D eigenvalue weighted by Gasteiger charge is -2.06. The molecule has 1 N–H and O–H groups in total. The number of ether oxygens (including phenoxy) is 1. The average molecular weight is 310 g/mol. The zero-order valence-electron chi connectivity index (χ0n) is 10.3. The minimum absolute atomic E-state index is 0.613. The maximum atomic E-state index is 5.64. The van der Waals surface area contributed by atoms with Crippen molar-refractivity contribution in [2.45, 2.75) is 13.1 Å². The van der Waals surface area contributed by atoms with Gasteiger partial charge in [0.2, 0.25) is 0 Å². The highest BCUT2D eigenvalue weighted by molar-refractivity contribution is 9.10. The highest BCUT2D eigenvalue weighted by Gasteiger charge is 1.98. The summed E-state index contributed by atoms with van der Waals surface area (Å²) < 4.78 is 8.59. The SMILES string of the molecule is CNCc1ccn(CCOc2ccc(Br)cc2)n1. The quantitative estimate of drug-likeness (QED) is 0.891. The molecule has 1 heterocycles. The molecular formula is C13H16BrN3O. The molecule has 2 aromatic rings. The van der Waals surface area contributed by atoms with Crippen LogP contribution in [-0.2, 0) is 13.1 Å². The van der Waals surface area contributed by atoms with Gasteiger partial charge in [0, 0.05) is 17.2 Å². The number of nitrogens with one attached hydrogen (secondary N) is 1. The van der Waals surface area contributed by atoms with Crippen molar-refractivity contribution < 1.29 is 4.74 Å². The van der Waals surface area contributed by atoms with Gasteiger partial charge in [-0.2, -0.15) is 5.10 Å². The molecule has 0 radical (unpaired) electrons. The molecule has 4 nitrogen and oxygen atoms in total. The van der Waals surface area contributed by atoms with Crippen molar-refractivity contribution in [3.63, 3.8) is 0 Å². The minimum Gasteiger partial charge on any atom is -0.492 e.